The molecule has 1 heterocycles. The van der Waals surface area contributed by atoms with Crippen molar-refractivity contribution < 1.29 is 52.6 Å². The van der Waals surface area contributed by atoms with Crippen LogP contribution in [0.4, 0.5) is 0 Å². The average Bonchev–Trinajstić information content (AvgIpc) is 3.10. The van der Waals surface area contributed by atoms with Crippen molar-refractivity contribution in [2.24, 2.45) is 0 Å². The minimum Gasteiger partial charge on any atom is -0.379 e. The average molecular weight is 515 g/mol. The molecule has 0 spiro atoms. The third kappa shape index (κ3) is 12.2. The number of carbonyl (C=O) groups is 4. The zero-order valence-corrected chi connectivity index (χ0v) is 20.2. The van der Waals surface area contributed by atoms with Crippen LogP contribution in [0.3, 0.4) is 0 Å². The van der Waals surface area contributed by atoms with Crippen LogP contribution in [-0.4, -0.2) is 78.1 Å². The molecule has 0 radical (unpaired) electrons. The molecule has 1 fully saturated rings. The minimum atomic E-state index is -4.11. The normalized spacial score (nSPS) is 13.9. The summed E-state index contributed by atoms with van der Waals surface area (Å²) < 4.78 is 26.8. The van der Waals surface area contributed by atoms with Gasteiger partial charge < -0.3 is 28.8 Å². The first-order chi connectivity index (χ1) is 16.6. The highest BCUT2D eigenvalue weighted by Gasteiger charge is 2.32. The Kier molecular flexibility index (Phi) is 12.2. The van der Waals surface area contributed by atoms with Crippen LogP contribution in [0.25, 0.3) is 0 Å². The van der Waals surface area contributed by atoms with Crippen LogP contribution < -0.4 is 0 Å². The number of carbonyl (C=O) groups excluding carboxylic acids is 4. The fraction of sp³-hybridized carbons (Fsp3) is 0.545. The van der Waals surface area contributed by atoms with E-state index in [0.29, 0.717) is 43.3 Å². The smallest absolute Gasteiger partial charge is 0.358 e. The van der Waals surface area contributed by atoms with Gasteiger partial charge in [-0.05, 0) is 17.5 Å². The molecule has 2 N–H and O–H groups in total. The molecule has 1 aromatic carbocycles. The summed E-state index contributed by atoms with van der Waals surface area (Å²) in [5.74, 6) is -1.90. The van der Waals surface area contributed by atoms with Gasteiger partial charge in [-0.25, -0.2) is 4.79 Å². The van der Waals surface area contributed by atoms with Gasteiger partial charge in [-0.3, -0.25) is 18.9 Å². The molecule has 0 unspecified atom stereocenters. The molecule has 1 aromatic rings. The van der Waals surface area contributed by atoms with Gasteiger partial charge in [0.25, 0.3) is 11.8 Å². The van der Waals surface area contributed by atoms with E-state index in [2.05, 4.69) is 4.84 Å². The molecule has 0 aliphatic carbocycles. The number of hydroxylamine groups is 2. The van der Waals surface area contributed by atoms with E-state index in [9.17, 15) is 23.7 Å². The first kappa shape index (κ1) is 28.8. The maximum atomic E-state index is 12.1. The molecule has 0 saturated carbocycles. The largest absolute Gasteiger partial charge is 0.379 e. The second-order valence-corrected chi connectivity index (χ2v) is 9.43. The number of hydrogen-bond donors (Lipinski definition) is 2. The third-order valence-corrected chi connectivity index (χ3v) is 5.50. The zero-order chi connectivity index (χ0) is 25.7. The van der Waals surface area contributed by atoms with Crippen molar-refractivity contribution in [1.82, 2.24) is 5.06 Å². The highest BCUT2D eigenvalue weighted by molar-refractivity contribution is 7.50. The minimum absolute atomic E-state index is 0.0272. The van der Waals surface area contributed by atoms with Crippen molar-refractivity contribution in [3.63, 3.8) is 0 Å². The van der Waals surface area contributed by atoms with Gasteiger partial charge in [-0.15, -0.1) is 5.06 Å². The van der Waals surface area contributed by atoms with Crippen molar-refractivity contribution in [1.29, 1.82) is 0 Å². The van der Waals surface area contributed by atoms with Gasteiger partial charge in [0.05, 0.1) is 32.6 Å². The Labute approximate surface area is 202 Å². The SMILES string of the molecule is O=C(CCCOCCOCCOCC(=O)ON1C(=O)CCC1=O)Cc1ccc(CP(=O)(O)O)cc1. The highest BCUT2D eigenvalue weighted by atomic mass is 31.2. The van der Waals surface area contributed by atoms with Gasteiger partial charge in [0.2, 0.25) is 0 Å². The van der Waals surface area contributed by atoms with Crippen LogP contribution in [0, 0.1) is 0 Å². The molecule has 35 heavy (non-hydrogen) atoms. The van der Waals surface area contributed by atoms with Gasteiger partial charge in [0, 0.05) is 32.3 Å². The molecule has 2 rings (SSSR count). The lowest BCUT2D eigenvalue weighted by molar-refractivity contribution is -0.200. The van der Waals surface area contributed by atoms with E-state index in [1.807, 2.05) is 0 Å². The fourth-order valence-electron chi connectivity index (χ4n) is 3.07. The first-order valence-corrected chi connectivity index (χ1v) is 12.9. The molecule has 0 atom stereocenters. The number of rotatable bonds is 17. The van der Waals surface area contributed by atoms with Crippen LogP contribution >= 0.6 is 7.60 Å². The molecule has 13 heteroatoms. The Morgan fingerprint density at radius 3 is 2.00 bits per heavy atom. The number of ketones is 1. The quantitative estimate of drug-likeness (QED) is 0.172. The zero-order valence-electron chi connectivity index (χ0n) is 19.3. The van der Waals surface area contributed by atoms with Crippen molar-refractivity contribution >= 4 is 31.2 Å². The van der Waals surface area contributed by atoms with Gasteiger partial charge >= 0.3 is 13.6 Å². The second kappa shape index (κ2) is 14.8. The third-order valence-electron chi connectivity index (χ3n) is 4.72. The molecular weight excluding hydrogens is 485 g/mol. The molecule has 1 saturated heterocycles. The second-order valence-electron chi connectivity index (χ2n) is 7.78. The Morgan fingerprint density at radius 1 is 0.857 bits per heavy atom. The van der Waals surface area contributed by atoms with Gasteiger partial charge in [0.1, 0.15) is 12.4 Å². The van der Waals surface area contributed by atoms with E-state index in [4.69, 9.17) is 24.0 Å². The number of hydrogen-bond acceptors (Lipinski definition) is 9. The summed E-state index contributed by atoms with van der Waals surface area (Å²) >= 11 is 0. The fourth-order valence-corrected chi connectivity index (χ4v) is 3.76. The van der Waals surface area contributed by atoms with Gasteiger partial charge in [-0.1, -0.05) is 24.3 Å². The number of ether oxygens (including phenoxy) is 3. The summed E-state index contributed by atoms with van der Waals surface area (Å²) in [5, 5.41) is 0.461. The molecule has 194 valence electrons. The summed E-state index contributed by atoms with van der Waals surface area (Å²) in [5.41, 5.74) is 1.31. The molecule has 0 aromatic heterocycles. The highest BCUT2D eigenvalue weighted by Crippen LogP contribution is 2.38. The van der Waals surface area contributed by atoms with Gasteiger partial charge in [0.15, 0.2) is 0 Å². The Morgan fingerprint density at radius 2 is 1.40 bits per heavy atom. The lowest BCUT2D eigenvalue weighted by Crippen LogP contribution is -2.33. The lowest BCUT2D eigenvalue weighted by atomic mass is 10.0. The first-order valence-electron chi connectivity index (χ1n) is 11.1. The molecule has 12 nitrogen and oxygen atoms in total. The predicted molar refractivity (Wildman–Crippen MR) is 120 cm³/mol. The van der Waals surface area contributed by atoms with E-state index in [1.54, 1.807) is 24.3 Å². The number of amides is 2. The van der Waals surface area contributed by atoms with Gasteiger partial charge in [-0.2, -0.15) is 0 Å². The van der Waals surface area contributed by atoms with Crippen molar-refractivity contribution in [3.8, 4) is 0 Å². The van der Waals surface area contributed by atoms with Crippen molar-refractivity contribution in [3.05, 3.63) is 35.4 Å². The monoisotopic (exact) mass is 515 g/mol. The summed E-state index contributed by atoms with van der Waals surface area (Å²) in [6, 6.07) is 6.61. The van der Waals surface area contributed by atoms with Crippen LogP contribution in [0.1, 0.15) is 36.8 Å². The van der Waals surface area contributed by atoms with E-state index in [-0.39, 0.29) is 44.4 Å². The molecular formula is C22H30NO11P. The maximum Gasteiger partial charge on any atom is 0.358 e. The summed E-state index contributed by atoms with van der Waals surface area (Å²) in [6.07, 6.45) is 0.886. The maximum absolute atomic E-state index is 12.1. The Bertz CT molecular complexity index is 896. The summed E-state index contributed by atoms with van der Waals surface area (Å²) in [4.78, 5) is 68.9. The van der Waals surface area contributed by atoms with Crippen molar-refractivity contribution in [2.45, 2.75) is 38.3 Å². The topological polar surface area (TPSA) is 166 Å². The van der Waals surface area contributed by atoms with E-state index >= 15 is 0 Å². The number of imide groups is 1. The molecule has 0 bridgehead atoms. The van der Waals surface area contributed by atoms with Crippen LogP contribution in [-0.2, 0) is 55.4 Å². The predicted octanol–water partition coefficient (Wildman–Crippen LogP) is 0.913. The molecule has 2 amide bonds. The molecule has 1 aliphatic heterocycles. The molecule has 1 aliphatic rings. The number of nitrogens with zero attached hydrogens (tertiary/aromatic N) is 1. The van der Waals surface area contributed by atoms with E-state index < -0.39 is 32.0 Å². The Balaban J connectivity index is 1.41. The number of benzene rings is 1. The summed E-state index contributed by atoms with van der Waals surface area (Å²) in [7, 11) is -4.11. The Hall–Kier alpha value is -2.47. The van der Waals surface area contributed by atoms with Crippen molar-refractivity contribution in [2.75, 3.05) is 39.6 Å². The lowest BCUT2D eigenvalue weighted by Gasteiger charge is -2.12. The number of Topliss-reactive ketones (excluding diaryl/α,β-unsaturated/α-hetero) is 1. The standard InChI is InChI=1S/C22H30NO11P/c24-19(14-17-3-5-18(6-4-17)16-35(28,29)30)2-1-9-31-10-11-32-12-13-33-15-22(27)34-23-20(25)7-8-21(23)26/h3-6H,1-2,7-16H2,(H2,28,29,30). The summed E-state index contributed by atoms with van der Waals surface area (Å²) in [6.45, 7) is 0.945. The van der Waals surface area contributed by atoms with E-state index in [1.165, 1.54) is 0 Å². The van der Waals surface area contributed by atoms with Crippen LogP contribution in [0.2, 0.25) is 0 Å². The van der Waals surface area contributed by atoms with E-state index in [0.717, 1.165) is 5.56 Å². The van der Waals surface area contributed by atoms with Crippen LogP contribution in [0.15, 0.2) is 24.3 Å². The van der Waals surface area contributed by atoms with Crippen LogP contribution in [0.5, 0.6) is 0 Å².